The minimum Gasteiger partial charge on any atom is -0.457 e. The molecule has 1 saturated heterocycles. The molecule has 2 aromatic rings. The number of nitrogens with two attached hydrogens (primary N) is 1. The molecular weight excluding hydrogens is 306 g/mol. The van der Waals surface area contributed by atoms with Gasteiger partial charge in [-0.3, -0.25) is 4.99 Å². The predicted octanol–water partition coefficient (Wildman–Crippen LogP) is 2.62. The zero-order valence-electron chi connectivity index (χ0n) is 13.4. The smallest absolute Gasteiger partial charge is 0.193 e. The molecule has 24 heavy (non-hydrogen) atoms. The van der Waals surface area contributed by atoms with Crippen LogP contribution < -0.4 is 15.8 Å². The lowest BCUT2D eigenvalue weighted by Gasteiger charge is -2.21. The van der Waals surface area contributed by atoms with Crippen LogP contribution in [0.2, 0.25) is 0 Å². The molecule has 0 saturated carbocycles. The summed E-state index contributed by atoms with van der Waals surface area (Å²) < 4.78 is 16.7. The first-order valence-corrected chi connectivity index (χ1v) is 7.89. The van der Waals surface area contributed by atoms with E-state index in [0.29, 0.717) is 32.3 Å². The van der Waals surface area contributed by atoms with Crippen LogP contribution in [0, 0.1) is 0 Å². The van der Waals surface area contributed by atoms with E-state index in [4.69, 9.17) is 19.9 Å². The molecule has 0 spiro atoms. The van der Waals surface area contributed by atoms with Crippen LogP contribution >= 0.6 is 0 Å². The van der Waals surface area contributed by atoms with Gasteiger partial charge in [-0.25, -0.2) is 0 Å². The van der Waals surface area contributed by atoms with Crippen molar-refractivity contribution in [3.05, 3.63) is 54.6 Å². The monoisotopic (exact) mass is 327 g/mol. The first-order valence-electron chi connectivity index (χ1n) is 7.89. The van der Waals surface area contributed by atoms with Crippen LogP contribution in [0.3, 0.4) is 0 Å². The van der Waals surface area contributed by atoms with Crippen molar-refractivity contribution in [2.75, 3.05) is 31.7 Å². The maximum atomic E-state index is 5.93. The Morgan fingerprint density at radius 2 is 1.96 bits per heavy atom. The fourth-order valence-corrected chi connectivity index (χ4v) is 2.29. The van der Waals surface area contributed by atoms with E-state index >= 15 is 0 Å². The molecule has 126 valence electrons. The fraction of sp³-hybridized carbons (Fsp3) is 0.278. The second kappa shape index (κ2) is 8.33. The van der Waals surface area contributed by atoms with E-state index < -0.39 is 0 Å². The summed E-state index contributed by atoms with van der Waals surface area (Å²) in [5.74, 6) is 1.84. The Labute approximate surface area is 141 Å². The Kier molecular flexibility index (Phi) is 5.65. The number of benzene rings is 2. The van der Waals surface area contributed by atoms with E-state index in [1.54, 1.807) is 0 Å². The summed E-state index contributed by atoms with van der Waals surface area (Å²) in [6, 6.07) is 17.2. The molecule has 0 bridgehead atoms. The van der Waals surface area contributed by atoms with Gasteiger partial charge in [-0.1, -0.05) is 24.3 Å². The van der Waals surface area contributed by atoms with E-state index in [1.165, 1.54) is 0 Å². The van der Waals surface area contributed by atoms with Gasteiger partial charge in [0.25, 0.3) is 0 Å². The third-order valence-electron chi connectivity index (χ3n) is 3.44. The van der Waals surface area contributed by atoms with Gasteiger partial charge in [0, 0.05) is 11.8 Å². The van der Waals surface area contributed by atoms with Crippen molar-refractivity contribution in [1.29, 1.82) is 0 Å². The molecule has 1 unspecified atom stereocenters. The number of ether oxygens (including phenoxy) is 3. The standard InChI is InChI=1S/C18H21N3O3/c19-18(20-12-17-13-22-9-10-23-17)21-14-5-4-8-16(11-14)24-15-6-2-1-3-7-15/h1-8,11,17H,9-10,12-13H2,(H3,19,20,21). The van der Waals surface area contributed by atoms with Gasteiger partial charge in [0.05, 0.1) is 26.4 Å². The normalized spacial score (nSPS) is 18.2. The van der Waals surface area contributed by atoms with Gasteiger partial charge < -0.3 is 25.3 Å². The van der Waals surface area contributed by atoms with Crippen molar-refractivity contribution < 1.29 is 14.2 Å². The number of guanidine groups is 1. The highest BCUT2D eigenvalue weighted by molar-refractivity contribution is 5.92. The Bertz CT molecular complexity index is 670. The van der Waals surface area contributed by atoms with Crippen LogP contribution in [0.25, 0.3) is 0 Å². The minimum absolute atomic E-state index is 0.0353. The zero-order chi connectivity index (χ0) is 16.6. The van der Waals surface area contributed by atoms with E-state index in [2.05, 4.69) is 10.3 Å². The molecule has 0 amide bonds. The number of rotatable bonds is 5. The number of anilines is 1. The lowest BCUT2D eigenvalue weighted by Crippen LogP contribution is -2.32. The lowest BCUT2D eigenvalue weighted by atomic mass is 10.3. The van der Waals surface area contributed by atoms with Crippen molar-refractivity contribution in [3.63, 3.8) is 0 Å². The lowest BCUT2D eigenvalue weighted by molar-refractivity contribution is -0.0832. The van der Waals surface area contributed by atoms with E-state index in [9.17, 15) is 0 Å². The van der Waals surface area contributed by atoms with Gasteiger partial charge in [-0.05, 0) is 24.3 Å². The van der Waals surface area contributed by atoms with Gasteiger partial charge in [0.1, 0.15) is 17.6 Å². The number of hydrogen-bond acceptors (Lipinski definition) is 4. The van der Waals surface area contributed by atoms with Crippen LogP contribution in [-0.4, -0.2) is 38.4 Å². The Morgan fingerprint density at radius 3 is 2.75 bits per heavy atom. The SMILES string of the molecule is NC(=NCC1COCCO1)Nc1cccc(Oc2ccccc2)c1. The van der Waals surface area contributed by atoms with Crippen molar-refractivity contribution in [2.45, 2.75) is 6.10 Å². The van der Waals surface area contributed by atoms with Gasteiger partial charge in [-0.15, -0.1) is 0 Å². The van der Waals surface area contributed by atoms with Gasteiger partial charge in [-0.2, -0.15) is 0 Å². The molecule has 2 aromatic carbocycles. The largest absolute Gasteiger partial charge is 0.457 e. The third kappa shape index (κ3) is 4.97. The first kappa shape index (κ1) is 16.3. The van der Waals surface area contributed by atoms with Crippen LogP contribution in [0.4, 0.5) is 5.69 Å². The van der Waals surface area contributed by atoms with Crippen LogP contribution in [-0.2, 0) is 9.47 Å². The number of aliphatic imine (C=N–C) groups is 1. The first-order chi connectivity index (χ1) is 11.8. The van der Waals surface area contributed by atoms with Gasteiger partial charge in [0.15, 0.2) is 5.96 Å². The zero-order valence-corrected chi connectivity index (χ0v) is 13.4. The van der Waals surface area contributed by atoms with E-state index in [0.717, 1.165) is 17.2 Å². The van der Waals surface area contributed by atoms with Crippen molar-refractivity contribution in [1.82, 2.24) is 0 Å². The highest BCUT2D eigenvalue weighted by Crippen LogP contribution is 2.23. The second-order valence-electron chi connectivity index (χ2n) is 5.36. The summed E-state index contributed by atoms with van der Waals surface area (Å²) in [6.45, 7) is 2.27. The third-order valence-corrected chi connectivity index (χ3v) is 3.44. The number of nitrogens with one attached hydrogen (secondary N) is 1. The topological polar surface area (TPSA) is 78.1 Å². The quantitative estimate of drug-likeness (QED) is 0.652. The minimum atomic E-state index is -0.0353. The highest BCUT2D eigenvalue weighted by atomic mass is 16.6. The summed E-state index contributed by atoms with van der Waals surface area (Å²) in [4.78, 5) is 4.29. The molecule has 1 atom stereocenters. The number of hydrogen-bond donors (Lipinski definition) is 2. The van der Waals surface area contributed by atoms with Crippen molar-refractivity contribution in [3.8, 4) is 11.5 Å². The number of nitrogens with zero attached hydrogens (tertiary/aromatic N) is 1. The average Bonchev–Trinajstić information content (AvgIpc) is 2.62. The fourth-order valence-electron chi connectivity index (χ4n) is 2.29. The molecule has 0 radical (unpaired) electrons. The second-order valence-corrected chi connectivity index (χ2v) is 5.36. The van der Waals surface area contributed by atoms with Gasteiger partial charge in [0.2, 0.25) is 0 Å². The highest BCUT2D eigenvalue weighted by Gasteiger charge is 2.13. The molecular formula is C18H21N3O3. The molecule has 1 fully saturated rings. The summed E-state index contributed by atoms with van der Waals surface area (Å²) >= 11 is 0. The average molecular weight is 327 g/mol. The van der Waals surface area contributed by atoms with Crippen molar-refractivity contribution in [2.24, 2.45) is 10.7 Å². The van der Waals surface area contributed by atoms with E-state index in [-0.39, 0.29) is 6.10 Å². The predicted molar refractivity (Wildman–Crippen MR) is 93.6 cm³/mol. The number of para-hydroxylation sites is 1. The van der Waals surface area contributed by atoms with Gasteiger partial charge >= 0.3 is 0 Å². The molecule has 1 heterocycles. The van der Waals surface area contributed by atoms with Crippen molar-refractivity contribution >= 4 is 11.6 Å². The molecule has 6 heteroatoms. The maximum Gasteiger partial charge on any atom is 0.193 e. The summed E-state index contributed by atoms with van der Waals surface area (Å²) in [5, 5.41) is 3.06. The Hall–Kier alpha value is -2.57. The molecule has 0 aromatic heterocycles. The maximum absolute atomic E-state index is 5.93. The summed E-state index contributed by atoms with van der Waals surface area (Å²) in [7, 11) is 0. The van der Waals surface area contributed by atoms with E-state index in [1.807, 2.05) is 54.6 Å². The molecule has 1 aliphatic heterocycles. The van der Waals surface area contributed by atoms with Crippen LogP contribution in [0.1, 0.15) is 0 Å². The van der Waals surface area contributed by atoms with Crippen LogP contribution in [0.15, 0.2) is 59.6 Å². The molecule has 3 rings (SSSR count). The molecule has 3 N–H and O–H groups in total. The molecule has 0 aliphatic carbocycles. The molecule has 6 nitrogen and oxygen atoms in total. The summed E-state index contributed by atoms with van der Waals surface area (Å²) in [5.41, 5.74) is 6.74. The summed E-state index contributed by atoms with van der Waals surface area (Å²) in [6.07, 6.45) is -0.0353. The molecule has 1 aliphatic rings. The van der Waals surface area contributed by atoms with Crippen LogP contribution in [0.5, 0.6) is 11.5 Å². The Morgan fingerprint density at radius 1 is 1.12 bits per heavy atom. The Balaban J connectivity index is 1.57.